The Balaban J connectivity index is 1.98. The summed E-state index contributed by atoms with van der Waals surface area (Å²) in [5, 5.41) is 0. The highest BCUT2D eigenvalue weighted by molar-refractivity contribution is 9.10. The Morgan fingerprint density at radius 2 is 1.80 bits per heavy atom. The van der Waals surface area contributed by atoms with Gasteiger partial charge in [-0.2, -0.15) is 0 Å². The largest absolute Gasteiger partial charge is 0.340 e. The maximum absolute atomic E-state index is 12.6. The lowest BCUT2D eigenvalue weighted by molar-refractivity contribution is -0.134. The number of piperazine rings is 1. The van der Waals surface area contributed by atoms with Crippen molar-refractivity contribution in [1.29, 1.82) is 0 Å². The zero-order valence-electron chi connectivity index (χ0n) is 12.5. The second kappa shape index (κ2) is 6.72. The monoisotopic (exact) mass is 338 g/mol. The Hall–Kier alpha value is -0.870. The van der Waals surface area contributed by atoms with E-state index in [9.17, 15) is 4.79 Å². The number of hydrogen-bond donors (Lipinski definition) is 0. The van der Waals surface area contributed by atoms with Crippen molar-refractivity contribution in [2.24, 2.45) is 0 Å². The number of nitrogens with zero attached hydrogens (tertiary/aromatic N) is 2. The first-order valence-electron chi connectivity index (χ1n) is 7.27. The van der Waals surface area contributed by atoms with Crippen LogP contribution in [-0.4, -0.2) is 47.9 Å². The SMILES string of the molecule is CC(C(=O)N1CCN(C(C)C)CC1)c1cccc(Br)c1. The average molecular weight is 339 g/mol. The summed E-state index contributed by atoms with van der Waals surface area (Å²) in [5.41, 5.74) is 1.08. The predicted octanol–water partition coefficient (Wildman–Crippen LogP) is 3.11. The van der Waals surface area contributed by atoms with Crippen LogP contribution in [0.4, 0.5) is 0 Å². The summed E-state index contributed by atoms with van der Waals surface area (Å²) in [6.45, 7) is 10.1. The third-order valence-electron chi connectivity index (χ3n) is 4.08. The summed E-state index contributed by atoms with van der Waals surface area (Å²) in [5.74, 6) is 0.171. The highest BCUT2D eigenvalue weighted by Crippen LogP contribution is 2.22. The molecule has 2 rings (SSSR count). The molecular weight excluding hydrogens is 316 g/mol. The van der Waals surface area contributed by atoms with Crippen LogP contribution in [0.25, 0.3) is 0 Å². The topological polar surface area (TPSA) is 23.6 Å². The van der Waals surface area contributed by atoms with Crippen molar-refractivity contribution in [3.63, 3.8) is 0 Å². The van der Waals surface area contributed by atoms with Crippen molar-refractivity contribution in [3.8, 4) is 0 Å². The van der Waals surface area contributed by atoms with Crippen LogP contribution in [-0.2, 0) is 4.79 Å². The molecule has 110 valence electrons. The van der Waals surface area contributed by atoms with Gasteiger partial charge in [-0.05, 0) is 38.5 Å². The van der Waals surface area contributed by atoms with E-state index in [0.717, 1.165) is 36.2 Å². The molecule has 0 radical (unpaired) electrons. The number of halogens is 1. The number of hydrogen-bond acceptors (Lipinski definition) is 2. The molecule has 3 nitrogen and oxygen atoms in total. The third kappa shape index (κ3) is 3.61. The zero-order chi connectivity index (χ0) is 14.7. The van der Waals surface area contributed by atoms with E-state index in [2.05, 4.69) is 34.7 Å². The van der Waals surface area contributed by atoms with E-state index < -0.39 is 0 Å². The zero-order valence-corrected chi connectivity index (χ0v) is 14.1. The normalized spacial score (nSPS) is 18.4. The van der Waals surface area contributed by atoms with E-state index >= 15 is 0 Å². The Morgan fingerprint density at radius 3 is 2.35 bits per heavy atom. The maximum Gasteiger partial charge on any atom is 0.229 e. The van der Waals surface area contributed by atoms with Gasteiger partial charge in [-0.15, -0.1) is 0 Å². The van der Waals surface area contributed by atoms with Crippen molar-refractivity contribution < 1.29 is 4.79 Å². The molecule has 1 amide bonds. The molecular formula is C16H23BrN2O. The molecule has 0 aromatic heterocycles. The van der Waals surface area contributed by atoms with Gasteiger partial charge in [0.1, 0.15) is 0 Å². The van der Waals surface area contributed by atoms with Crippen LogP contribution in [0.1, 0.15) is 32.3 Å². The fourth-order valence-corrected chi connectivity index (χ4v) is 3.07. The Bertz CT molecular complexity index is 467. The molecule has 0 bridgehead atoms. The van der Waals surface area contributed by atoms with Crippen LogP contribution < -0.4 is 0 Å². The smallest absolute Gasteiger partial charge is 0.229 e. The summed E-state index contributed by atoms with van der Waals surface area (Å²) < 4.78 is 1.03. The average Bonchev–Trinajstić information content (AvgIpc) is 2.46. The van der Waals surface area contributed by atoms with Gasteiger partial charge in [0.2, 0.25) is 5.91 Å². The number of amides is 1. The van der Waals surface area contributed by atoms with Gasteiger partial charge in [0, 0.05) is 36.7 Å². The van der Waals surface area contributed by atoms with E-state index in [4.69, 9.17) is 0 Å². The third-order valence-corrected chi connectivity index (χ3v) is 4.57. The van der Waals surface area contributed by atoms with Crippen LogP contribution in [0, 0.1) is 0 Å². The van der Waals surface area contributed by atoms with E-state index in [1.54, 1.807) is 0 Å². The number of carbonyl (C=O) groups excluding carboxylic acids is 1. The molecule has 1 aromatic rings. The highest BCUT2D eigenvalue weighted by atomic mass is 79.9. The van der Waals surface area contributed by atoms with Crippen LogP contribution >= 0.6 is 15.9 Å². The molecule has 1 atom stereocenters. The van der Waals surface area contributed by atoms with Crippen molar-refractivity contribution in [2.45, 2.75) is 32.7 Å². The molecule has 0 N–H and O–H groups in total. The summed E-state index contributed by atoms with van der Waals surface area (Å²) in [7, 11) is 0. The first-order chi connectivity index (χ1) is 9.49. The minimum Gasteiger partial charge on any atom is -0.340 e. The molecule has 4 heteroatoms. The minimum absolute atomic E-state index is 0.0712. The van der Waals surface area contributed by atoms with Gasteiger partial charge in [0.15, 0.2) is 0 Å². The molecule has 1 heterocycles. The van der Waals surface area contributed by atoms with Crippen molar-refractivity contribution in [3.05, 3.63) is 34.3 Å². The molecule has 1 fully saturated rings. The lowest BCUT2D eigenvalue weighted by atomic mass is 9.99. The molecule has 1 aromatic carbocycles. The number of rotatable bonds is 3. The molecule has 1 aliphatic rings. The number of benzene rings is 1. The molecule has 1 unspecified atom stereocenters. The predicted molar refractivity (Wildman–Crippen MR) is 85.8 cm³/mol. The Kier molecular flexibility index (Phi) is 5.22. The van der Waals surface area contributed by atoms with Gasteiger partial charge >= 0.3 is 0 Å². The fourth-order valence-electron chi connectivity index (χ4n) is 2.65. The second-order valence-corrected chi connectivity index (χ2v) is 6.65. The molecule has 20 heavy (non-hydrogen) atoms. The van der Waals surface area contributed by atoms with E-state index in [-0.39, 0.29) is 11.8 Å². The fraction of sp³-hybridized carbons (Fsp3) is 0.562. The van der Waals surface area contributed by atoms with E-state index in [1.807, 2.05) is 36.1 Å². The number of carbonyl (C=O) groups is 1. The van der Waals surface area contributed by atoms with Crippen molar-refractivity contribution >= 4 is 21.8 Å². The van der Waals surface area contributed by atoms with Gasteiger partial charge in [0.05, 0.1) is 5.92 Å². The summed E-state index contributed by atoms with van der Waals surface area (Å²) >= 11 is 3.47. The summed E-state index contributed by atoms with van der Waals surface area (Å²) in [6.07, 6.45) is 0. The van der Waals surface area contributed by atoms with Crippen molar-refractivity contribution in [1.82, 2.24) is 9.80 Å². The Morgan fingerprint density at radius 1 is 1.15 bits per heavy atom. The van der Waals surface area contributed by atoms with E-state index in [1.165, 1.54) is 0 Å². The quantitative estimate of drug-likeness (QED) is 0.845. The van der Waals surface area contributed by atoms with Gasteiger partial charge in [-0.3, -0.25) is 9.69 Å². The van der Waals surface area contributed by atoms with Gasteiger partial charge in [0.25, 0.3) is 0 Å². The van der Waals surface area contributed by atoms with Crippen LogP contribution in [0.3, 0.4) is 0 Å². The highest BCUT2D eigenvalue weighted by Gasteiger charge is 2.26. The molecule has 1 aliphatic heterocycles. The van der Waals surface area contributed by atoms with E-state index in [0.29, 0.717) is 6.04 Å². The first kappa shape index (κ1) is 15.5. The van der Waals surface area contributed by atoms with Crippen LogP contribution in [0.15, 0.2) is 28.7 Å². The first-order valence-corrected chi connectivity index (χ1v) is 8.06. The minimum atomic E-state index is -0.0712. The molecule has 0 spiro atoms. The standard InChI is InChI=1S/C16H23BrN2O/c1-12(2)18-7-9-19(10-8-18)16(20)13(3)14-5-4-6-15(17)11-14/h4-6,11-13H,7-10H2,1-3H3. The lowest BCUT2D eigenvalue weighted by Gasteiger charge is -2.38. The van der Waals surface area contributed by atoms with Crippen molar-refractivity contribution in [2.75, 3.05) is 26.2 Å². The van der Waals surface area contributed by atoms with Gasteiger partial charge in [-0.25, -0.2) is 0 Å². The molecule has 0 aliphatic carbocycles. The maximum atomic E-state index is 12.6. The Labute approximate surface area is 130 Å². The summed E-state index contributed by atoms with van der Waals surface area (Å²) in [6, 6.07) is 8.60. The van der Waals surface area contributed by atoms with Crippen LogP contribution in [0.2, 0.25) is 0 Å². The summed E-state index contributed by atoms with van der Waals surface area (Å²) in [4.78, 5) is 17.0. The van der Waals surface area contributed by atoms with Gasteiger partial charge in [-0.1, -0.05) is 28.1 Å². The molecule has 1 saturated heterocycles. The van der Waals surface area contributed by atoms with Gasteiger partial charge < -0.3 is 4.90 Å². The van der Waals surface area contributed by atoms with Crippen LogP contribution in [0.5, 0.6) is 0 Å². The molecule has 0 saturated carbocycles. The second-order valence-electron chi connectivity index (χ2n) is 5.73. The lowest BCUT2D eigenvalue weighted by Crippen LogP contribution is -2.51.